The first kappa shape index (κ1) is 25.0. The molecule has 0 aliphatic carbocycles. The highest BCUT2D eigenvalue weighted by molar-refractivity contribution is 5.98. The molecule has 7 aromatic rings. The molecule has 0 radical (unpaired) electrons. The topological polar surface area (TPSA) is 47.6 Å². The first-order valence-electron chi connectivity index (χ1n) is 13.9. The third kappa shape index (κ3) is 4.39. The SMILES string of the molecule is N#Cc1cc(-c2cccc(-c3cccc4ccccc34)c2)c(C#N)cc1-c1cccc(-c2cccc3ccccc23)c1. The van der Waals surface area contributed by atoms with Gasteiger partial charge in [0, 0.05) is 11.1 Å². The molecule has 0 aromatic heterocycles. The lowest BCUT2D eigenvalue weighted by Crippen LogP contribution is -1.93. The third-order valence-corrected chi connectivity index (χ3v) is 7.95. The first-order chi connectivity index (χ1) is 20.7. The van der Waals surface area contributed by atoms with E-state index in [1.807, 2.05) is 48.5 Å². The van der Waals surface area contributed by atoms with Crippen LogP contribution in [-0.4, -0.2) is 0 Å². The van der Waals surface area contributed by atoms with E-state index in [1.54, 1.807) is 0 Å². The van der Waals surface area contributed by atoms with Gasteiger partial charge >= 0.3 is 0 Å². The number of rotatable bonds is 4. The van der Waals surface area contributed by atoms with E-state index in [9.17, 15) is 10.5 Å². The number of fused-ring (bicyclic) bond motifs is 2. The van der Waals surface area contributed by atoms with Crippen molar-refractivity contribution >= 4 is 21.5 Å². The maximum absolute atomic E-state index is 10.3. The van der Waals surface area contributed by atoms with E-state index < -0.39 is 0 Å². The molecule has 7 aromatic carbocycles. The van der Waals surface area contributed by atoms with Crippen molar-refractivity contribution in [2.45, 2.75) is 0 Å². The predicted molar refractivity (Wildman–Crippen MR) is 173 cm³/mol. The molecule has 0 heterocycles. The smallest absolute Gasteiger partial charge is 0.0998 e. The van der Waals surface area contributed by atoms with Gasteiger partial charge in [-0.05, 0) is 79.2 Å². The van der Waals surface area contributed by atoms with Crippen LogP contribution in [0.2, 0.25) is 0 Å². The second-order valence-electron chi connectivity index (χ2n) is 10.4. The van der Waals surface area contributed by atoms with Gasteiger partial charge in [0.15, 0.2) is 0 Å². The van der Waals surface area contributed by atoms with Crippen molar-refractivity contribution in [3.05, 3.63) is 157 Å². The Balaban J connectivity index is 1.34. The fourth-order valence-corrected chi connectivity index (χ4v) is 5.93. The summed E-state index contributed by atoms with van der Waals surface area (Å²) in [7, 11) is 0. The number of hydrogen-bond donors (Lipinski definition) is 0. The van der Waals surface area contributed by atoms with Gasteiger partial charge < -0.3 is 0 Å². The number of nitriles is 2. The molecular formula is C40H24N2. The minimum absolute atomic E-state index is 0.537. The molecule has 194 valence electrons. The Morgan fingerprint density at radius 3 is 1.12 bits per heavy atom. The largest absolute Gasteiger partial charge is 0.192 e. The minimum atomic E-state index is 0.537. The van der Waals surface area contributed by atoms with Crippen molar-refractivity contribution in [2.24, 2.45) is 0 Å². The summed E-state index contributed by atoms with van der Waals surface area (Å²) in [6.07, 6.45) is 0. The molecule has 0 amide bonds. The summed E-state index contributed by atoms with van der Waals surface area (Å²) in [4.78, 5) is 0. The fraction of sp³-hybridized carbons (Fsp3) is 0. The maximum Gasteiger partial charge on any atom is 0.0998 e. The molecule has 42 heavy (non-hydrogen) atoms. The Morgan fingerprint density at radius 1 is 0.333 bits per heavy atom. The molecule has 0 saturated carbocycles. The summed E-state index contributed by atoms with van der Waals surface area (Å²) in [5.41, 5.74) is 8.80. The van der Waals surface area contributed by atoms with Crippen molar-refractivity contribution in [3.8, 4) is 56.6 Å². The summed E-state index contributed by atoms with van der Waals surface area (Å²) in [6.45, 7) is 0. The molecule has 0 unspecified atom stereocenters. The van der Waals surface area contributed by atoms with E-state index in [1.165, 1.54) is 21.5 Å². The second kappa shape index (κ2) is 10.5. The molecule has 0 spiro atoms. The minimum Gasteiger partial charge on any atom is -0.192 e. The lowest BCUT2D eigenvalue weighted by molar-refractivity contribution is 1.44. The van der Waals surface area contributed by atoms with Crippen LogP contribution in [0.3, 0.4) is 0 Å². The van der Waals surface area contributed by atoms with Gasteiger partial charge in [-0.2, -0.15) is 10.5 Å². The molecule has 2 heteroatoms. The Bertz CT molecular complexity index is 2060. The summed E-state index contributed by atoms with van der Waals surface area (Å²) in [6, 6.07) is 54.3. The van der Waals surface area contributed by atoms with Crippen LogP contribution < -0.4 is 0 Å². The van der Waals surface area contributed by atoms with Gasteiger partial charge in [0.1, 0.15) is 0 Å². The molecule has 0 atom stereocenters. The summed E-state index contributed by atoms with van der Waals surface area (Å²) in [5.74, 6) is 0. The average molecular weight is 533 g/mol. The lowest BCUT2D eigenvalue weighted by Gasteiger charge is -2.14. The summed E-state index contributed by atoms with van der Waals surface area (Å²) < 4.78 is 0. The Hall–Kier alpha value is -5.96. The van der Waals surface area contributed by atoms with Crippen molar-refractivity contribution in [2.75, 3.05) is 0 Å². The number of nitrogens with zero attached hydrogens (tertiary/aromatic N) is 2. The highest BCUT2D eigenvalue weighted by Gasteiger charge is 2.15. The molecule has 0 aliphatic rings. The molecule has 0 saturated heterocycles. The summed E-state index contributed by atoms with van der Waals surface area (Å²) >= 11 is 0. The van der Waals surface area contributed by atoms with Crippen LogP contribution in [0.25, 0.3) is 66.1 Å². The van der Waals surface area contributed by atoms with Gasteiger partial charge in [0.25, 0.3) is 0 Å². The first-order valence-corrected chi connectivity index (χ1v) is 13.9. The van der Waals surface area contributed by atoms with Crippen molar-refractivity contribution < 1.29 is 0 Å². The molecule has 0 fully saturated rings. The highest BCUT2D eigenvalue weighted by Crippen LogP contribution is 2.37. The van der Waals surface area contributed by atoms with Crippen LogP contribution in [0.15, 0.2) is 146 Å². The Kier molecular flexibility index (Phi) is 6.29. The molecule has 0 aliphatic heterocycles. The zero-order valence-electron chi connectivity index (χ0n) is 22.8. The van der Waals surface area contributed by atoms with Crippen LogP contribution in [0, 0.1) is 22.7 Å². The van der Waals surface area contributed by atoms with E-state index in [2.05, 4.69) is 109 Å². The normalized spacial score (nSPS) is 10.8. The molecule has 2 nitrogen and oxygen atoms in total. The molecule has 0 bridgehead atoms. The fourth-order valence-electron chi connectivity index (χ4n) is 5.93. The van der Waals surface area contributed by atoms with Gasteiger partial charge in [0.2, 0.25) is 0 Å². The second-order valence-corrected chi connectivity index (χ2v) is 10.4. The van der Waals surface area contributed by atoms with Crippen molar-refractivity contribution in [3.63, 3.8) is 0 Å². The zero-order valence-corrected chi connectivity index (χ0v) is 22.8. The Labute approximate surface area is 245 Å². The summed E-state index contributed by atoms with van der Waals surface area (Å²) in [5, 5.41) is 25.2. The standard InChI is InChI=1S/C40H24N2/c41-25-33-24-40(32-16-6-14-30(22-32)38-20-8-12-28-10-2-4-18-36(28)38)34(26-42)23-39(33)31-15-5-13-29(21-31)37-19-7-11-27-9-1-3-17-35(27)37/h1-24H. The van der Waals surface area contributed by atoms with Gasteiger partial charge in [-0.25, -0.2) is 0 Å². The highest BCUT2D eigenvalue weighted by atomic mass is 14.3. The van der Waals surface area contributed by atoms with Crippen LogP contribution in [-0.2, 0) is 0 Å². The molecular weight excluding hydrogens is 508 g/mol. The monoisotopic (exact) mass is 532 g/mol. The molecule has 0 N–H and O–H groups in total. The number of hydrogen-bond acceptors (Lipinski definition) is 2. The maximum atomic E-state index is 10.3. The van der Waals surface area contributed by atoms with E-state index >= 15 is 0 Å². The number of benzene rings is 7. The Morgan fingerprint density at radius 2 is 0.690 bits per heavy atom. The zero-order chi connectivity index (χ0) is 28.5. The van der Waals surface area contributed by atoms with Crippen molar-refractivity contribution in [1.82, 2.24) is 0 Å². The van der Waals surface area contributed by atoms with Gasteiger partial charge in [-0.3, -0.25) is 0 Å². The van der Waals surface area contributed by atoms with E-state index in [4.69, 9.17) is 0 Å². The average Bonchev–Trinajstić information content (AvgIpc) is 3.07. The van der Waals surface area contributed by atoms with E-state index in [-0.39, 0.29) is 0 Å². The lowest BCUT2D eigenvalue weighted by atomic mass is 9.89. The third-order valence-electron chi connectivity index (χ3n) is 7.95. The van der Waals surface area contributed by atoms with Gasteiger partial charge in [0.05, 0.1) is 23.3 Å². The van der Waals surface area contributed by atoms with Gasteiger partial charge in [-0.15, -0.1) is 0 Å². The molecule has 7 rings (SSSR count). The van der Waals surface area contributed by atoms with Crippen LogP contribution in [0.1, 0.15) is 11.1 Å². The van der Waals surface area contributed by atoms with Gasteiger partial charge in [-0.1, -0.05) is 121 Å². The predicted octanol–water partition coefficient (Wildman–Crippen LogP) is 10.4. The van der Waals surface area contributed by atoms with Crippen LogP contribution >= 0.6 is 0 Å². The van der Waals surface area contributed by atoms with Crippen LogP contribution in [0.5, 0.6) is 0 Å². The van der Waals surface area contributed by atoms with Crippen LogP contribution in [0.4, 0.5) is 0 Å². The quantitative estimate of drug-likeness (QED) is 0.226. The van der Waals surface area contributed by atoms with E-state index in [0.29, 0.717) is 11.1 Å². The van der Waals surface area contributed by atoms with E-state index in [0.717, 1.165) is 44.5 Å². The van der Waals surface area contributed by atoms with Crippen molar-refractivity contribution in [1.29, 1.82) is 10.5 Å².